The zero-order valence-electron chi connectivity index (χ0n) is 26.3. The van der Waals surface area contributed by atoms with Gasteiger partial charge in [0.15, 0.2) is 11.5 Å². The largest absolute Gasteiger partial charge is 0.497 e. The fourth-order valence-corrected chi connectivity index (χ4v) is 5.06. The maximum atomic E-state index is 13.7. The predicted octanol–water partition coefficient (Wildman–Crippen LogP) is 7.41. The van der Waals surface area contributed by atoms with Gasteiger partial charge in [0.05, 0.1) is 32.2 Å². The summed E-state index contributed by atoms with van der Waals surface area (Å²) < 4.78 is 16.8. The van der Waals surface area contributed by atoms with Gasteiger partial charge in [0, 0.05) is 44.4 Å². The molecule has 0 aromatic heterocycles. The standard InChI is InChI=1S/C35H47N3O4/c1-8-21-36(5)31-18-17-30(40-6)25-32(31)38(26-28-14-12-11-13-15-28)27(4)20-23-37(22-9-2)35(39)29-16-19-33(42-10-3)34(24-29)41-7/h8,11-19,21,24-25,27H,9-10,20,22-23,26H2,1-7H3/b21-8-. The van der Waals surface area contributed by atoms with Crippen LogP contribution < -0.4 is 24.0 Å². The molecule has 1 atom stereocenters. The molecular weight excluding hydrogens is 526 g/mol. The summed E-state index contributed by atoms with van der Waals surface area (Å²) in [6, 6.07) is 22.2. The second kappa shape index (κ2) is 16.3. The molecule has 0 aliphatic rings. The van der Waals surface area contributed by atoms with Crippen LogP contribution in [0.15, 0.2) is 79.0 Å². The molecule has 0 aliphatic carbocycles. The van der Waals surface area contributed by atoms with Crippen LogP contribution in [0.1, 0.15) is 56.5 Å². The number of anilines is 2. The Kier molecular flexibility index (Phi) is 12.6. The lowest BCUT2D eigenvalue weighted by molar-refractivity contribution is 0.0750. The van der Waals surface area contributed by atoms with Crippen molar-refractivity contribution >= 4 is 17.3 Å². The maximum absolute atomic E-state index is 13.7. The summed E-state index contributed by atoms with van der Waals surface area (Å²) in [5.41, 5.74) is 3.98. The minimum atomic E-state index is -0.00473. The molecule has 0 radical (unpaired) electrons. The van der Waals surface area contributed by atoms with Crippen molar-refractivity contribution in [3.63, 3.8) is 0 Å². The third-order valence-corrected chi connectivity index (χ3v) is 7.28. The molecule has 1 unspecified atom stereocenters. The molecule has 7 nitrogen and oxygen atoms in total. The minimum Gasteiger partial charge on any atom is -0.497 e. The number of rotatable bonds is 16. The van der Waals surface area contributed by atoms with Crippen molar-refractivity contribution in [2.24, 2.45) is 0 Å². The minimum absolute atomic E-state index is 0.00473. The zero-order valence-corrected chi connectivity index (χ0v) is 26.3. The first kappa shape index (κ1) is 32.4. The first-order valence-corrected chi connectivity index (χ1v) is 14.8. The van der Waals surface area contributed by atoms with Crippen LogP contribution >= 0.6 is 0 Å². The Bertz CT molecular complexity index is 1290. The lowest BCUT2D eigenvalue weighted by Crippen LogP contribution is -2.39. The number of allylic oxidation sites excluding steroid dienone is 1. The van der Waals surface area contributed by atoms with E-state index >= 15 is 0 Å². The summed E-state index contributed by atoms with van der Waals surface area (Å²) in [7, 11) is 5.35. The Morgan fingerprint density at radius 1 is 0.905 bits per heavy atom. The molecular formula is C35H47N3O4. The SMILES string of the molecule is C/C=C\N(C)c1ccc(OC)cc1N(Cc1ccccc1)C(C)CCN(CCC)C(=O)c1ccc(OCC)c(OC)c1. The summed E-state index contributed by atoms with van der Waals surface area (Å²) in [4.78, 5) is 20.2. The highest BCUT2D eigenvalue weighted by molar-refractivity contribution is 5.95. The molecule has 1 amide bonds. The van der Waals surface area contributed by atoms with E-state index in [-0.39, 0.29) is 11.9 Å². The number of carbonyl (C=O) groups excluding carboxylic acids is 1. The average Bonchev–Trinajstić information content (AvgIpc) is 3.02. The summed E-state index contributed by atoms with van der Waals surface area (Å²) in [5, 5.41) is 0. The van der Waals surface area contributed by atoms with Crippen molar-refractivity contribution in [2.75, 3.05) is 50.8 Å². The monoisotopic (exact) mass is 573 g/mol. The Labute approximate surface area is 252 Å². The lowest BCUT2D eigenvalue weighted by Gasteiger charge is -2.36. The molecule has 0 heterocycles. The zero-order chi connectivity index (χ0) is 30.5. The van der Waals surface area contributed by atoms with Gasteiger partial charge in [-0.15, -0.1) is 0 Å². The normalized spacial score (nSPS) is 11.7. The molecule has 0 bridgehead atoms. The Hall–Kier alpha value is -4.13. The van der Waals surface area contributed by atoms with E-state index in [1.54, 1.807) is 20.3 Å². The number of methoxy groups -OCH3 is 2. The first-order chi connectivity index (χ1) is 20.4. The van der Waals surface area contributed by atoms with E-state index in [4.69, 9.17) is 14.2 Å². The quantitative estimate of drug-likeness (QED) is 0.178. The van der Waals surface area contributed by atoms with Crippen molar-refractivity contribution < 1.29 is 19.0 Å². The molecule has 42 heavy (non-hydrogen) atoms. The van der Waals surface area contributed by atoms with Crippen LogP contribution in [0.3, 0.4) is 0 Å². The van der Waals surface area contributed by atoms with Gasteiger partial charge in [-0.25, -0.2) is 0 Å². The van der Waals surface area contributed by atoms with Gasteiger partial charge in [0.25, 0.3) is 5.91 Å². The molecule has 0 aliphatic heterocycles. The molecule has 226 valence electrons. The van der Waals surface area contributed by atoms with Gasteiger partial charge in [-0.2, -0.15) is 0 Å². The summed E-state index contributed by atoms with van der Waals surface area (Å²) in [6.45, 7) is 10.8. The molecule has 3 aromatic rings. The Balaban J connectivity index is 1.92. The Morgan fingerprint density at radius 2 is 1.67 bits per heavy atom. The number of nitrogens with zero attached hydrogens (tertiary/aromatic N) is 3. The van der Waals surface area contributed by atoms with E-state index in [1.165, 1.54) is 5.56 Å². The van der Waals surface area contributed by atoms with Crippen LogP contribution in [-0.2, 0) is 6.54 Å². The van der Waals surface area contributed by atoms with Crippen LogP contribution in [0.4, 0.5) is 11.4 Å². The smallest absolute Gasteiger partial charge is 0.253 e. The molecule has 3 rings (SSSR count). The van der Waals surface area contributed by atoms with E-state index in [0.29, 0.717) is 36.8 Å². The van der Waals surface area contributed by atoms with Gasteiger partial charge >= 0.3 is 0 Å². The Morgan fingerprint density at radius 3 is 2.31 bits per heavy atom. The van der Waals surface area contributed by atoms with Crippen LogP contribution in [0.5, 0.6) is 17.2 Å². The second-order valence-corrected chi connectivity index (χ2v) is 10.3. The van der Waals surface area contributed by atoms with Gasteiger partial charge < -0.3 is 28.9 Å². The van der Waals surface area contributed by atoms with Crippen molar-refractivity contribution in [1.29, 1.82) is 0 Å². The number of ether oxygens (including phenoxy) is 3. The molecule has 7 heteroatoms. The topological polar surface area (TPSA) is 54.5 Å². The molecule has 0 N–H and O–H groups in total. The number of benzene rings is 3. The summed E-state index contributed by atoms with van der Waals surface area (Å²) in [5.74, 6) is 2.01. The molecule has 0 saturated carbocycles. The highest BCUT2D eigenvalue weighted by Gasteiger charge is 2.23. The molecule has 0 fully saturated rings. The van der Waals surface area contributed by atoms with Crippen LogP contribution in [0.25, 0.3) is 0 Å². The fourth-order valence-electron chi connectivity index (χ4n) is 5.06. The molecule has 0 spiro atoms. The van der Waals surface area contributed by atoms with Crippen LogP contribution in [-0.4, -0.2) is 57.8 Å². The van der Waals surface area contributed by atoms with E-state index < -0.39 is 0 Å². The van der Waals surface area contributed by atoms with Crippen molar-refractivity contribution in [2.45, 2.75) is 53.1 Å². The first-order valence-electron chi connectivity index (χ1n) is 14.8. The van der Waals surface area contributed by atoms with Gasteiger partial charge in [-0.1, -0.05) is 43.3 Å². The van der Waals surface area contributed by atoms with Gasteiger partial charge in [-0.3, -0.25) is 4.79 Å². The molecule has 3 aromatic carbocycles. The third kappa shape index (κ3) is 8.44. The van der Waals surface area contributed by atoms with Crippen LogP contribution in [0.2, 0.25) is 0 Å². The average molecular weight is 574 g/mol. The number of carbonyl (C=O) groups is 1. The van der Waals surface area contributed by atoms with Crippen molar-refractivity contribution in [3.8, 4) is 17.2 Å². The lowest BCUT2D eigenvalue weighted by atomic mass is 10.1. The predicted molar refractivity (Wildman–Crippen MR) is 173 cm³/mol. The van der Waals surface area contributed by atoms with Gasteiger partial charge in [0.2, 0.25) is 0 Å². The summed E-state index contributed by atoms with van der Waals surface area (Å²) in [6.07, 6.45) is 5.75. The highest BCUT2D eigenvalue weighted by Crippen LogP contribution is 2.36. The maximum Gasteiger partial charge on any atom is 0.253 e. The van der Waals surface area contributed by atoms with E-state index in [2.05, 4.69) is 73.3 Å². The molecule has 0 saturated heterocycles. The van der Waals surface area contributed by atoms with Gasteiger partial charge in [0.1, 0.15) is 5.75 Å². The third-order valence-electron chi connectivity index (χ3n) is 7.28. The number of amides is 1. The highest BCUT2D eigenvalue weighted by atomic mass is 16.5. The summed E-state index contributed by atoms with van der Waals surface area (Å²) >= 11 is 0. The number of hydrogen-bond donors (Lipinski definition) is 0. The number of hydrogen-bond acceptors (Lipinski definition) is 6. The van der Waals surface area contributed by atoms with E-state index in [1.807, 2.05) is 49.1 Å². The fraction of sp³-hybridized carbons (Fsp3) is 0.400. The van der Waals surface area contributed by atoms with Crippen LogP contribution in [0, 0.1) is 0 Å². The van der Waals surface area contributed by atoms with Gasteiger partial charge in [-0.05, 0) is 75.7 Å². The second-order valence-electron chi connectivity index (χ2n) is 10.3. The van der Waals surface area contributed by atoms with Crippen molar-refractivity contribution in [3.05, 3.63) is 90.1 Å². The van der Waals surface area contributed by atoms with Crippen molar-refractivity contribution in [1.82, 2.24) is 4.90 Å². The van der Waals surface area contributed by atoms with E-state index in [0.717, 1.165) is 36.5 Å². The van der Waals surface area contributed by atoms with E-state index in [9.17, 15) is 4.79 Å².